The molecular formula is C2H7ClS. The van der Waals surface area contributed by atoms with Crippen LogP contribution in [0.4, 0.5) is 0 Å². The molecular weight excluding hydrogens is 91.5 g/mol. The first-order valence-corrected chi connectivity index (χ1v) is 1.66. The van der Waals surface area contributed by atoms with Gasteiger partial charge < -0.3 is 0 Å². The van der Waals surface area contributed by atoms with Crippen LogP contribution in [0.3, 0.4) is 0 Å². The van der Waals surface area contributed by atoms with E-state index in [2.05, 4.69) is 12.6 Å². The van der Waals surface area contributed by atoms with E-state index in [4.69, 9.17) is 0 Å². The summed E-state index contributed by atoms with van der Waals surface area (Å²) in [5.41, 5.74) is 0. The van der Waals surface area contributed by atoms with Gasteiger partial charge in [0, 0.05) is 0 Å². The Balaban J connectivity index is 0. The molecule has 4 heavy (non-hydrogen) atoms. The van der Waals surface area contributed by atoms with Crippen molar-refractivity contribution in [2.45, 2.75) is 6.92 Å². The quantitative estimate of drug-likeness (QED) is 0.435. The molecule has 0 rings (SSSR count). The third kappa shape index (κ3) is 17.3. The van der Waals surface area contributed by atoms with Crippen LogP contribution in [0.25, 0.3) is 0 Å². The average molecular weight is 98.6 g/mol. The molecule has 0 aliphatic rings. The third-order valence-electron chi connectivity index (χ3n) is 0. The van der Waals surface area contributed by atoms with Gasteiger partial charge in [0.05, 0.1) is 0 Å². The number of hydrogen-bond donors (Lipinski definition) is 1. The molecule has 0 bridgehead atoms. The molecule has 0 saturated carbocycles. The summed E-state index contributed by atoms with van der Waals surface area (Å²) < 4.78 is 0. The Bertz CT molecular complexity index is 6.00. The fourth-order valence-electron chi connectivity index (χ4n) is 0. The lowest BCUT2D eigenvalue weighted by atomic mass is 11.0. The van der Waals surface area contributed by atoms with E-state index < -0.39 is 0 Å². The summed E-state index contributed by atoms with van der Waals surface area (Å²) in [7, 11) is 0. The van der Waals surface area contributed by atoms with Crippen LogP contribution >= 0.6 is 25.0 Å². The van der Waals surface area contributed by atoms with Crippen molar-refractivity contribution >= 4 is 25.0 Å². The molecule has 0 saturated heterocycles. The van der Waals surface area contributed by atoms with Crippen molar-refractivity contribution in [1.29, 1.82) is 0 Å². The van der Waals surface area contributed by atoms with E-state index >= 15 is 0 Å². The predicted molar refractivity (Wildman–Crippen MR) is 26.8 cm³/mol. The largest absolute Gasteiger partial charge is 0.180 e. The number of halogens is 1. The monoisotopic (exact) mass is 98.0 g/mol. The Labute approximate surface area is 38.4 Å². The van der Waals surface area contributed by atoms with Gasteiger partial charge >= 0.3 is 0 Å². The molecule has 0 unspecified atom stereocenters. The van der Waals surface area contributed by atoms with Crippen LogP contribution in [0.1, 0.15) is 6.92 Å². The van der Waals surface area contributed by atoms with Crippen molar-refractivity contribution in [2.24, 2.45) is 0 Å². The van der Waals surface area contributed by atoms with E-state index in [-0.39, 0.29) is 12.4 Å². The zero-order valence-corrected chi connectivity index (χ0v) is 4.27. The topological polar surface area (TPSA) is 0 Å². The number of thiol groups is 1. The van der Waals surface area contributed by atoms with Crippen molar-refractivity contribution in [1.82, 2.24) is 0 Å². The van der Waals surface area contributed by atoms with Gasteiger partial charge in [-0.3, -0.25) is 0 Å². The zero-order valence-electron chi connectivity index (χ0n) is 2.56. The molecule has 2 heteroatoms. The second-order valence-electron chi connectivity index (χ2n) is 0.316. The Morgan fingerprint density at radius 3 is 1.75 bits per heavy atom. The average Bonchev–Trinajstić information content (AvgIpc) is 0.918. The zero-order chi connectivity index (χ0) is 2.71. The fourth-order valence-corrected chi connectivity index (χ4v) is 0. The van der Waals surface area contributed by atoms with Crippen molar-refractivity contribution in [2.75, 3.05) is 5.75 Å². The van der Waals surface area contributed by atoms with Gasteiger partial charge in [0.15, 0.2) is 0 Å². The molecule has 0 aliphatic carbocycles. The Morgan fingerprint density at radius 1 is 1.75 bits per heavy atom. The molecule has 28 valence electrons. The van der Waals surface area contributed by atoms with E-state index in [1.54, 1.807) is 0 Å². The highest BCUT2D eigenvalue weighted by atomic mass is 35.5. The van der Waals surface area contributed by atoms with Gasteiger partial charge in [-0.1, -0.05) is 6.92 Å². The summed E-state index contributed by atoms with van der Waals surface area (Å²) in [4.78, 5) is 0. The predicted octanol–water partition coefficient (Wildman–Crippen LogP) is 1.36. The minimum absolute atomic E-state index is 0. The molecule has 0 fully saturated rings. The van der Waals surface area contributed by atoms with Crippen LogP contribution in [0.2, 0.25) is 0 Å². The molecule has 0 heterocycles. The molecule has 0 N–H and O–H groups in total. The molecule has 0 nitrogen and oxygen atoms in total. The Kier molecular flexibility index (Phi) is 20.8. The van der Waals surface area contributed by atoms with Crippen molar-refractivity contribution in [3.05, 3.63) is 0 Å². The SMILES string of the molecule is CCS.Cl. The summed E-state index contributed by atoms with van der Waals surface area (Å²) in [6.07, 6.45) is 0. The minimum atomic E-state index is 0. The smallest absolute Gasteiger partial charge is 0.0126 e. The highest BCUT2D eigenvalue weighted by molar-refractivity contribution is 7.80. The first-order valence-electron chi connectivity index (χ1n) is 1.02. The first-order chi connectivity index (χ1) is 1.41. The second kappa shape index (κ2) is 9.43. The normalized spacial score (nSPS) is 4.50. The lowest BCUT2D eigenvalue weighted by Gasteiger charge is -1.48. The van der Waals surface area contributed by atoms with E-state index in [1.165, 1.54) is 0 Å². The molecule has 0 amide bonds. The second-order valence-corrected chi connectivity index (χ2v) is 0.949. The minimum Gasteiger partial charge on any atom is -0.180 e. The lowest BCUT2D eigenvalue weighted by Crippen LogP contribution is -1.36. The van der Waals surface area contributed by atoms with Crippen LogP contribution in [-0.2, 0) is 0 Å². The first kappa shape index (κ1) is 8.82. The maximum Gasteiger partial charge on any atom is -0.0126 e. The van der Waals surface area contributed by atoms with Gasteiger partial charge in [-0.05, 0) is 5.75 Å². The summed E-state index contributed by atoms with van der Waals surface area (Å²) in [5.74, 6) is 0.944. The summed E-state index contributed by atoms with van der Waals surface area (Å²) in [6.45, 7) is 1.99. The van der Waals surface area contributed by atoms with E-state index in [0.717, 1.165) is 5.75 Å². The molecule has 0 aromatic heterocycles. The van der Waals surface area contributed by atoms with Gasteiger partial charge in [-0.15, -0.1) is 12.4 Å². The lowest BCUT2D eigenvalue weighted by molar-refractivity contribution is 1.54. The van der Waals surface area contributed by atoms with E-state index in [0.29, 0.717) is 0 Å². The van der Waals surface area contributed by atoms with Crippen molar-refractivity contribution < 1.29 is 0 Å². The molecule has 0 aromatic rings. The van der Waals surface area contributed by atoms with Crippen LogP contribution in [0.5, 0.6) is 0 Å². The van der Waals surface area contributed by atoms with Crippen LogP contribution in [-0.4, -0.2) is 5.75 Å². The summed E-state index contributed by atoms with van der Waals surface area (Å²) in [5, 5.41) is 0. The van der Waals surface area contributed by atoms with Crippen molar-refractivity contribution in [3.8, 4) is 0 Å². The Hall–Kier alpha value is 0.640. The van der Waals surface area contributed by atoms with Crippen LogP contribution in [0, 0.1) is 0 Å². The van der Waals surface area contributed by atoms with Gasteiger partial charge in [-0.2, -0.15) is 12.6 Å². The maximum atomic E-state index is 3.79. The van der Waals surface area contributed by atoms with Crippen LogP contribution in [0.15, 0.2) is 0 Å². The van der Waals surface area contributed by atoms with E-state index in [1.807, 2.05) is 6.92 Å². The van der Waals surface area contributed by atoms with Gasteiger partial charge in [0.2, 0.25) is 0 Å². The van der Waals surface area contributed by atoms with E-state index in [9.17, 15) is 0 Å². The number of hydrogen-bond acceptors (Lipinski definition) is 1. The van der Waals surface area contributed by atoms with Crippen molar-refractivity contribution in [3.63, 3.8) is 0 Å². The number of rotatable bonds is 0. The van der Waals surface area contributed by atoms with Gasteiger partial charge in [-0.25, -0.2) is 0 Å². The van der Waals surface area contributed by atoms with Crippen LogP contribution < -0.4 is 0 Å². The molecule has 0 aromatic carbocycles. The highest BCUT2D eigenvalue weighted by Crippen LogP contribution is 1.58. The standard InChI is InChI=1S/C2H6S.ClH/c1-2-3;/h3H,2H2,1H3;1H. The third-order valence-corrected chi connectivity index (χ3v) is 0. The maximum absolute atomic E-state index is 3.79. The molecule has 0 aliphatic heterocycles. The highest BCUT2D eigenvalue weighted by Gasteiger charge is 1.35. The van der Waals surface area contributed by atoms with Gasteiger partial charge in [0.1, 0.15) is 0 Å². The summed E-state index contributed by atoms with van der Waals surface area (Å²) >= 11 is 3.79. The van der Waals surface area contributed by atoms with Gasteiger partial charge in [0.25, 0.3) is 0 Å². The molecule has 0 radical (unpaired) electrons. The molecule has 0 spiro atoms. The Morgan fingerprint density at radius 2 is 1.75 bits per heavy atom. The molecule has 0 atom stereocenters. The summed E-state index contributed by atoms with van der Waals surface area (Å²) in [6, 6.07) is 0. The fraction of sp³-hybridized carbons (Fsp3) is 1.00.